The van der Waals surface area contributed by atoms with Gasteiger partial charge in [0.2, 0.25) is 0 Å². The average Bonchev–Trinajstić information content (AvgIpc) is 1.82. The third-order valence-electron chi connectivity index (χ3n) is 1.64. The number of Topliss-reactive ketones (excluding diaryl/α,β-unsaturated/α-hetero) is 1. The molecule has 0 saturated carbocycles. The van der Waals surface area contributed by atoms with Crippen LogP contribution in [0.3, 0.4) is 0 Å². The van der Waals surface area contributed by atoms with Gasteiger partial charge in [-0.05, 0) is 5.92 Å². The van der Waals surface area contributed by atoms with Crippen LogP contribution in [0.2, 0.25) is 0 Å². The summed E-state index contributed by atoms with van der Waals surface area (Å²) in [4.78, 5) is 11.4. The number of aliphatic hydroxyl groups excluding tert-OH is 1. The molecule has 0 bridgehead atoms. The molecule has 0 spiro atoms. The van der Waals surface area contributed by atoms with Crippen molar-refractivity contribution in [3.05, 3.63) is 0 Å². The van der Waals surface area contributed by atoms with E-state index in [2.05, 4.69) is 0 Å². The molecule has 0 fully saturated rings. The molecule has 0 heterocycles. The summed E-state index contributed by atoms with van der Waals surface area (Å²) in [6.07, 6.45) is -0.810. The van der Waals surface area contributed by atoms with Gasteiger partial charge in [0.25, 0.3) is 0 Å². The Morgan fingerprint density at radius 1 is 1.27 bits per heavy atom. The largest absolute Gasteiger partial charge is 0.385 e. The van der Waals surface area contributed by atoms with Crippen LogP contribution in [0.25, 0.3) is 0 Å². The maximum Gasteiger partial charge on any atom is 0.166 e. The van der Waals surface area contributed by atoms with Crippen LogP contribution in [0.1, 0.15) is 34.6 Å². The Kier molecular flexibility index (Phi) is 3.24. The standard InChI is InChI=1S/C9H18O2/c1-6(2)7(10)8(11)9(3,4)5/h6-7,10H,1-5H3/t7-/m1/s1. The molecule has 0 aliphatic carbocycles. The van der Waals surface area contributed by atoms with E-state index in [1.807, 2.05) is 34.6 Å². The number of carbonyl (C=O) groups excluding carboxylic acids is 1. The van der Waals surface area contributed by atoms with Crippen molar-refractivity contribution < 1.29 is 9.90 Å². The van der Waals surface area contributed by atoms with E-state index >= 15 is 0 Å². The Balaban J connectivity index is 4.26. The topological polar surface area (TPSA) is 37.3 Å². The molecule has 1 N–H and O–H groups in total. The predicted octanol–water partition coefficient (Wildman–Crippen LogP) is 1.62. The number of hydrogen-bond acceptors (Lipinski definition) is 2. The molecule has 0 aromatic heterocycles. The van der Waals surface area contributed by atoms with Gasteiger partial charge in [-0.25, -0.2) is 0 Å². The Morgan fingerprint density at radius 3 is 1.73 bits per heavy atom. The van der Waals surface area contributed by atoms with Crippen LogP contribution in [0.4, 0.5) is 0 Å². The number of rotatable bonds is 2. The van der Waals surface area contributed by atoms with E-state index in [0.717, 1.165) is 0 Å². The van der Waals surface area contributed by atoms with Crippen molar-refractivity contribution in [2.45, 2.75) is 40.7 Å². The summed E-state index contributed by atoms with van der Waals surface area (Å²) in [5.74, 6) is -0.0609. The van der Waals surface area contributed by atoms with E-state index < -0.39 is 11.5 Å². The zero-order valence-corrected chi connectivity index (χ0v) is 8.01. The molecule has 1 atom stereocenters. The van der Waals surface area contributed by atoms with E-state index in [9.17, 15) is 9.90 Å². The summed E-state index contributed by atoms with van der Waals surface area (Å²) in [5.41, 5.74) is -0.427. The number of ketones is 1. The molecule has 0 aliphatic heterocycles. The van der Waals surface area contributed by atoms with Gasteiger partial charge < -0.3 is 5.11 Å². The van der Waals surface area contributed by atoms with Gasteiger partial charge in [-0.1, -0.05) is 34.6 Å². The highest BCUT2D eigenvalue weighted by molar-refractivity contribution is 5.87. The Labute approximate surface area is 68.6 Å². The Morgan fingerprint density at radius 2 is 1.64 bits per heavy atom. The third-order valence-corrected chi connectivity index (χ3v) is 1.64. The lowest BCUT2D eigenvalue weighted by molar-refractivity contribution is -0.137. The van der Waals surface area contributed by atoms with Crippen LogP contribution >= 0.6 is 0 Å². The molecule has 2 heteroatoms. The zero-order chi connectivity index (χ0) is 9.23. The highest BCUT2D eigenvalue weighted by Gasteiger charge is 2.29. The minimum absolute atomic E-state index is 0.0155. The van der Waals surface area contributed by atoms with Gasteiger partial charge >= 0.3 is 0 Å². The monoisotopic (exact) mass is 158 g/mol. The number of hydrogen-bond donors (Lipinski definition) is 1. The first-order valence-electron chi connectivity index (χ1n) is 3.99. The van der Waals surface area contributed by atoms with Gasteiger partial charge in [0.15, 0.2) is 5.78 Å². The van der Waals surface area contributed by atoms with E-state index in [0.29, 0.717) is 0 Å². The second-order valence-electron chi connectivity index (χ2n) is 4.30. The second kappa shape index (κ2) is 3.35. The third kappa shape index (κ3) is 3.02. The SMILES string of the molecule is CC(C)[C@@H](O)C(=O)C(C)(C)C. The Bertz CT molecular complexity index is 142. The summed E-state index contributed by atoms with van der Waals surface area (Å²) >= 11 is 0. The summed E-state index contributed by atoms with van der Waals surface area (Å²) in [6, 6.07) is 0. The molecule has 0 rings (SSSR count). The van der Waals surface area contributed by atoms with Gasteiger partial charge in [0.05, 0.1) is 0 Å². The zero-order valence-electron chi connectivity index (χ0n) is 8.01. The molecular formula is C9H18O2. The quantitative estimate of drug-likeness (QED) is 0.663. The highest BCUT2D eigenvalue weighted by atomic mass is 16.3. The first kappa shape index (κ1) is 10.6. The lowest BCUT2D eigenvalue weighted by Crippen LogP contribution is -2.35. The fourth-order valence-electron chi connectivity index (χ4n) is 0.746. The van der Waals surface area contributed by atoms with Gasteiger partial charge in [0, 0.05) is 5.41 Å². The Hall–Kier alpha value is -0.370. The minimum atomic E-state index is -0.810. The maximum atomic E-state index is 11.4. The van der Waals surface area contributed by atoms with E-state index in [1.54, 1.807) is 0 Å². The molecule has 0 aromatic rings. The van der Waals surface area contributed by atoms with Crippen LogP contribution in [0.5, 0.6) is 0 Å². The molecule has 0 amide bonds. The fourth-order valence-corrected chi connectivity index (χ4v) is 0.746. The first-order valence-corrected chi connectivity index (χ1v) is 3.99. The van der Waals surface area contributed by atoms with Crippen molar-refractivity contribution in [1.82, 2.24) is 0 Å². The summed E-state index contributed by atoms with van der Waals surface area (Å²) < 4.78 is 0. The van der Waals surface area contributed by atoms with Gasteiger partial charge in [0.1, 0.15) is 6.10 Å². The van der Waals surface area contributed by atoms with Crippen molar-refractivity contribution in [3.8, 4) is 0 Å². The van der Waals surface area contributed by atoms with Crippen molar-refractivity contribution >= 4 is 5.78 Å². The van der Waals surface area contributed by atoms with E-state index in [-0.39, 0.29) is 11.7 Å². The number of aliphatic hydroxyl groups is 1. The van der Waals surface area contributed by atoms with Crippen LogP contribution in [0, 0.1) is 11.3 Å². The lowest BCUT2D eigenvalue weighted by Gasteiger charge is -2.22. The van der Waals surface area contributed by atoms with Crippen LogP contribution in [0.15, 0.2) is 0 Å². The molecule has 11 heavy (non-hydrogen) atoms. The lowest BCUT2D eigenvalue weighted by atomic mass is 9.84. The smallest absolute Gasteiger partial charge is 0.166 e. The van der Waals surface area contributed by atoms with Gasteiger partial charge in [-0.15, -0.1) is 0 Å². The molecule has 0 radical (unpaired) electrons. The van der Waals surface area contributed by atoms with Crippen LogP contribution in [-0.4, -0.2) is 17.0 Å². The van der Waals surface area contributed by atoms with E-state index in [4.69, 9.17) is 0 Å². The summed E-state index contributed by atoms with van der Waals surface area (Å²) in [6.45, 7) is 9.14. The molecular weight excluding hydrogens is 140 g/mol. The average molecular weight is 158 g/mol. The predicted molar refractivity (Wildman–Crippen MR) is 45.3 cm³/mol. The minimum Gasteiger partial charge on any atom is -0.385 e. The van der Waals surface area contributed by atoms with Crippen molar-refractivity contribution in [2.75, 3.05) is 0 Å². The van der Waals surface area contributed by atoms with Crippen LogP contribution < -0.4 is 0 Å². The number of carbonyl (C=O) groups is 1. The van der Waals surface area contributed by atoms with Gasteiger partial charge in [-0.3, -0.25) is 4.79 Å². The van der Waals surface area contributed by atoms with Crippen molar-refractivity contribution in [3.63, 3.8) is 0 Å². The molecule has 2 nitrogen and oxygen atoms in total. The maximum absolute atomic E-state index is 11.4. The fraction of sp³-hybridized carbons (Fsp3) is 0.889. The van der Waals surface area contributed by atoms with Crippen LogP contribution in [-0.2, 0) is 4.79 Å². The van der Waals surface area contributed by atoms with Gasteiger partial charge in [-0.2, -0.15) is 0 Å². The molecule has 0 aromatic carbocycles. The normalized spacial score (nSPS) is 15.2. The van der Waals surface area contributed by atoms with E-state index in [1.165, 1.54) is 0 Å². The molecule has 0 unspecified atom stereocenters. The first-order chi connectivity index (χ1) is 4.76. The second-order valence-corrected chi connectivity index (χ2v) is 4.30. The summed E-state index contributed by atoms with van der Waals surface area (Å²) in [7, 11) is 0. The molecule has 0 aliphatic rings. The summed E-state index contributed by atoms with van der Waals surface area (Å²) in [5, 5.41) is 9.38. The highest BCUT2D eigenvalue weighted by Crippen LogP contribution is 2.19. The molecule has 0 saturated heterocycles. The molecule has 66 valence electrons. The van der Waals surface area contributed by atoms with Crippen molar-refractivity contribution in [2.24, 2.45) is 11.3 Å². The van der Waals surface area contributed by atoms with Crippen molar-refractivity contribution in [1.29, 1.82) is 0 Å².